The van der Waals surface area contributed by atoms with E-state index in [-0.39, 0.29) is 12.2 Å². The molecule has 0 radical (unpaired) electrons. The lowest BCUT2D eigenvalue weighted by Crippen LogP contribution is -2.17. The second kappa shape index (κ2) is 2.25. The van der Waals surface area contributed by atoms with E-state index >= 15 is 0 Å². The van der Waals surface area contributed by atoms with Crippen molar-refractivity contribution in [2.24, 2.45) is 0 Å². The Morgan fingerprint density at radius 3 is 2.44 bits per heavy atom. The average Bonchev–Trinajstić information content (AvgIpc) is 2.10. The number of hydrogen-bond acceptors (Lipinski definition) is 3. The van der Waals surface area contributed by atoms with Gasteiger partial charge in [-0.15, -0.1) is 0 Å². The third-order valence-electron chi connectivity index (χ3n) is 1.46. The zero-order valence-electron chi connectivity index (χ0n) is 5.59. The minimum atomic E-state index is -0.533. The number of carbonyl (C=O) groups is 1. The van der Waals surface area contributed by atoms with Gasteiger partial charge in [-0.25, -0.2) is 4.79 Å². The van der Waals surface area contributed by atoms with Gasteiger partial charge in [-0.05, 0) is 13.3 Å². The molecule has 0 amide bonds. The first-order chi connectivity index (χ1) is 4.24. The quantitative estimate of drug-likeness (QED) is 0.502. The fraction of sp³-hybridized carbons (Fsp3) is 0.833. The molecule has 0 N–H and O–H groups in total. The van der Waals surface area contributed by atoms with Crippen LogP contribution in [-0.2, 0) is 9.47 Å². The highest BCUT2D eigenvalue weighted by molar-refractivity contribution is 5.62. The molecule has 1 saturated heterocycles. The van der Waals surface area contributed by atoms with E-state index < -0.39 is 6.16 Å². The molecule has 3 heteroatoms. The van der Waals surface area contributed by atoms with Gasteiger partial charge < -0.3 is 9.47 Å². The summed E-state index contributed by atoms with van der Waals surface area (Å²) in [6, 6.07) is 0. The van der Waals surface area contributed by atoms with Crippen molar-refractivity contribution in [3.8, 4) is 0 Å². The number of hydrogen-bond donors (Lipinski definition) is 0. The molecule has 1 aliphatic rings. The van der Waals surface area contributed by atoms with Crippen molar-refractivity contribution in [3.63, 3.8) is 0 Å². The monoisotopic (exact) mass is 130 g/mol. The van der Waals surface area contributed by atoms with Gasteiger partial charge in [-0.2, -0.15) is 0 Å². The normalized spacial score (nSPS) is 33.8. The van der Waals surface area contributed by atoms with Crippen molar-refractivity contribution in [2.45, 2.75) is 32.5 Å². The third-order valence-corrected chi connectivity index (χ3v) is 1.46. The third kappa shape index (κ3) is 1.15. The lowest BCUT2D eigenvalue weighted by atomic mass is 10.2. The van der Waals surface area contributed by atoms with Crippen LogP contribution in [0.3, 0.4) is 0 Å². The van der Waals surface area contributed by atoms with Gasteiger partial charge in [0.15, 0.2) is 0 Å². The van der Waals surface area contributed by atoms with Crippen LogP contribution in [0.15, 0.2) is 0 Å². The molecule has 52 valence electrons. The summed E-state index contributed by atoms with van der Waals surface area (Å²) in [4.78, 5) is 10.4. The maximum Gasteiger partial charge on any atom is 0.509 e. The molecule has 0 aromatic rings. The average molecular weight is 130 g/mol. The Kier molecular flexibility index (Phi) is 1.60. The molecule has 0 aliphatic carbocycles. The van der Waals surface area contributed by atoms with Gasteiger partial charge in [0.2, 0.25) is 0 Å². The van der Waals surface area contributed by atoms with Gasteiger partial charge in [0, 0.05) is 0 Å². The van der Waals surface area contributed by atoms with Crippen LogP contribution in [0.1, 0.15) is 20.3 Å². The Hall–Kier alpha value is -0.730. The van der Waals surface area contributed by atoms with Gasteiger partial charge in [-0.3, -0.25) is 0 Å². The molecule has 3 nitrogen and oxygen atoms in total. The summed E-state index contributed by atoms with van der Waals surface area (Å²) < 4.78 is 9.47. The summed E-state index contributed by atoms with van der Waals surface area (Å²) in [5.74, 6) is 0. The molecule has 1 aliphatic heterocycles. The molecule has 9 heavy (non-hydrogen) atoms. The SMILES string of the molecule is CCC1OC(=O)OC1C. The largest absolute Gasteiger partial charge is 0.509 e. The summed E-state index contributed by atoms with van der Waals surface area (Å²) in [6.45, 7) is 3.79. The van der Waals surface area contributed by atoms with E-state index in [1.807, 2.05) is 13.8 Å². The second-order valence-corrected chi connectivity index (χ2v) is 2.14. The van der Waals surface area contributed by atoms with Crippen molar-refractivity contribution in [1.29, 1.82) is 0 Å². The van der Waals surface area contributed by atoms with Gasteiger partial charge in [0.25, 0.3) is 0 Å². The topological polar surface area (TPSA) is 35.5 Å². The highest BCUT2D eigenvalue weighted by Crippen LogP contribution is 2.16. The Morgan fingerprint density at radius 2 is 2.22 bits per heavy atom. The number of ether oxygens (including phenoxy) is 2. The maximum atomic E-state index is 10.4. The second-order valence-electron chi connectivity index (χ2n) is 2.14. The van der Waals surface area contributed by atoms with E-state index in [0.29, 0.717) is 0 Å². The molecule has 2 atom stereocenters. The van der Waals surface area contributed by atoms with Crippen molar-refractivity contribution in [2.75, 3.05) is 0 Å². The molecule has 1 fully saturated rings. The first-order valence-electron chi connectivity index (χ1n) is 3.11. The van der Waals surface area contributed by atoms with Gasteiger partial charge in [0.05, 0.1) is 0 Å². The number of rotatable bonds is 1. The molecule has 1 heterocycles. The Balaban J connectivity index is 2.47. The van der Waals surface area contributed by atoms with E-state index in [9.17, 15) is 4.79 Å². The molecule has 2 unspecified atom stereocenters. The fourth-order valence-corrected chi connectivity index (χ4v) is 0.890. The van der Waals surface area contributed by atoms with Crippen LogP contribution >= 0.6 is 0 Å². The van der Waals surface area contributed by atoms with Crippen LogP contribution in [-0.4, -0.2) is 18.4 Å². The predicted octanol–water partition coefficient (Wildman–Crippen LogP) is 1.32. The summed E-state index contributed by atoms with van der Waals surface area (Å²) in [5, 5.41) is 0. The van der Waals surface area contributed by atoms with E-state index in [2.05, 4.69) is 0 Å². The van der Waals surface area contributed by atoms with Crippen molar-refractivity contribution in [3.05, 3.63) is 0 Å². The lowest BCUT2D eigenvalue weighted by molar-refractivity contribution is 0.116. The van der Waals surface area contributed by atoms with Gasteiger partial charge >= 0.3 is 6.16 Å². The van der Waals surface area contributed by atoms with E-state index in [4.69, 9.17) is 9.47 Å². The molecular formula is C6H10O3. The smallest absolute Gasteiger partial charge is 0.427 e. The Morgan fingerprint density at radius 1 is 1.56 bits per heavy atom. The highest BCUT2D eigenvalue weighted by atomic mass is 16.8. The zero-order valence-corrected chi connectivity index (χ0v) is 5.59. The predicted molar refractivity (Wildman–Crippen MR) is 31.1 cm³/mol. The maximum absolute atomic E-state index is 10.4. The minimum absolute atomic E-state index is 0.0301. The van der Waals surface area contributed by atoms with Crippen LogP contribution < -0.4 is 0 Å². The van der Waals surface area contributed by atoms with Crippen LogP contribution in [0.4, 0.5) is 4.79 Å². The van der Waals surface area contributed by atoms with Crippen LogP contribution in [0, 0.1) is 0 Å². The van der Waals surface area contributed by atoms with E-state index in [1.54, 1.807) is 0 Å². The van der Waals surface area contributed by atoms with E-state index in [1.165, 1.54) is 0 Å². The van der Waals surface area contributed by atoms with Gasteiger partial charge in [-0.1, -0.05) is 6.92 Å². The Labute approximate surface area is 53.9 Å². The molecule has 0 bridgehead atoms. The molecule has 0 aromatic carbocycles. The summed E-state index contributed by atoms with van der Waals surface area (Å²) in [6.07, 6.45) is 0.196. The molecule has 0 aromatic heterocycles. The number of cyclic esters (lactones) is 2. The summed E-state index contributed by atoms with van der Waals surface area (Å²) >= 11 is 0. The van der Waals surface area contributed by atoms with Crippen LogP contribution in [0.5, 0.6) is 0 Å². The zero-order chi connectivity index (χ0) is 6.85. The van der Waals surface area contributed by atoms with Crippen LogP contribution in [0.2, 0.25) is 0 Å². The van der Waals surface area contributed by atoms with Gasteiger partial charge in [0.1, 0.15) is 12.2 Å². The van der Waals surface area contributed by atoms with Crippen molar-refractivity contribution < 1.29 is 14.3 Å². The molecular weight excluding hydrogens is 120 g/mol. The van der Waals surface area contributed by atoms with Crippen molar-refractivity contribution >= 4 is 6.16 Å². The fourth-order valence-electron chi connectivity index (χ4n) is 0.890. The van der Waals surface area contributed by atoms with E-state index in [0.717, 1.165) is 6.42 Å². The lowest BCUT2D eigenvalue weighted by Gasteiger charge is -2.05. The summed E-state index contributed by atoms with van der Waals surface area (Å²) in [5.41, 5.74) is 0. The first-order valence-corrected chi connectivity index (χ1v) is 3.11. The first kappa shape index (κ1) is 6.39. The minimum Gasteiger partial charge on any atom is -0.427 e. The van der Waals surface area contributed by atoms with Crippen molar-refractivity contribution in [1.82, 2.24) is 0 Å². The standard InChI is InChI=1S/C6H10O3/c1-3-5-4(2)8-6(7)9-5/h4-5H,3H2,1-2H3. The molecule has 0 spiro atoms. The van der Waals surface area contributed by atoms with Crippen LogP contribution in [0.25, 0.3) is 0 Å². The molecule has 1 rings (SSSR count). The number of carbonyl (C=O) groups excluding carboxylic acids is 1. The Bertz CT molecular complexity index is 121. The summed E-state index contributed by atoms with van der Waals surface area (Å²) in [7, 11) is 0. The highest BCUT2D eigenvalue weighted by Gasteiger charge is 2.30. The molecule has 0 saturated carbocycles.